The molecule has 1 heterocycles. The standard InChI is InChI=1S/C9H19NO2/c1-12-8-9-4-2-3-5-10(9)6-7-11/h9,11H,2-8H2,1H3. The van der Waals surface area contributed by atoms with Crippen LogP contribution >= 0.6 is 0 Å². The number of hydrogen-bond acceptors (Lipinski definition) is 3. The van der Waals surface area contributed by atoms with Crippen molar-refractivity contribution in [2.45, 2.75) is 25.3 Å². The molecular weight excluding hydrogens is 154 g/mol. The number of hydrogen-bond donors (Lipinski definition) is 1. The fourth-order valence-corrected chi connectivity index (χ4v) is 1.86. The summed E-state index contributed by atoms with van der Waals surface area (Å²) in [5, 5.41) is 8.82. The lowest BCUT2D eigenvalue weighted by molar-refractivity contribution is 0.0535. The van der Waals surface area contributed by atoms with Crippen molar-refractivity contribution in [1.82, 2.24) is 4.90 Å². The van der Waals surface area contributed by atoms with Gasteiger partial charge in [0.15, 0.2) is 0 Å². The van der Waals surface area contributed by atoms with Gasteiger partial charge in [0.1, 0.15) is 0 Å². The minimum atomic E-state index is 0.264. The summed E-state index contributed by atoms with van der Waals surface area (Å²) >= 11 is 0. The first-order valence-corrected chi connectivity index (χ1v) is 4.72. The van der Waals surface area contributed by atoms with Crippen molar-refractivity contribution >= 4 is 0 Å². The second kappa shape index (κ2) is 5.51. The van der Waals surface area contributed by atoms with Crippen LogP contribution in [0.15, 0.2) is 0 Å². The number of aliphatic hydroxyl groups is 1. The summed E-state index contributed by atoms with van der Waals surface area (Å²) in [6.45, 7) is 2.99. The molecule has 1 unspecified atom stereocenters. The average molecular weight is 173 g/mol. The third kappa shape index (κ3) is 2.73. The minimum Gasteiger partial charge on any atom is -0.395 e. The van der Waals surface area contributed by atoms with Crippen molar-refractivity contribution in [3.05, 3.63) is 0 Å². The van der Waals surface area contributed by atoms with E-state index >= 15 is 0 Å². The molecule has 1 fully saturated rings. The molecule has 3 heteroatoms. The Balaban J connectivity index is 2.31. The fraction of sp³-hybridized carbons (Fsp3) is 1.00. The SMILES string of the molecule is COCC1CCCCN1CCO. The Morgan fingerprint density at radius 2 is 2.33 bits per heavy atom. The van der Waals surface area contributed by atoms with Gasteiger partial charge in [0.25, 0.3) is 0 Å². The van der Waals surface area contributed by atoms with Crippen molar-refractivity contribution in [3.63, 3.8) is 0 Å². The summed E-state index contributed by atoms with van der Waals surface area (Å²) in [6.07, 6.45) is 3.78. The number of methoxy groups -OCH3 is 1. The summed E-state index contributed by atoms with van der Waals surface area (Å²) < 4.78 is 5.13. The lowest BCUT2D eigenvalue weighted by Gasteiger charge is -2.34. The van der Waals surface area contributed by atoms with Crippen LogP contribution < -0.4 is 0 Å². The van der Waals surface area contributed by atoms with E-state index in [0.29, 0.717) is 6.04 Å². The molecule has 0 spiro atoms. The van der Waals surface area contributed by atoms with Crippen LogP contribution in [0, 0.1) is 0 Å². The zero-order valence-electron chi connectivity index (χ0n) is 7.83. The monoisotopic (exact) mass is 173 g/mol. The molecule has 3 nitrogen and oxygen atoms in total. The number of ether oxygens (including phenoxy) is 1. The van der Waals surface area contributed by atoms with E-state index in [9.17, 15) is 0 Å². The zero-order valence-corrected chi connectivity index (χ0v) is 7.83. The van der Waals surface area contributed by atoms with Crippen molar-refractivity contribution in [2.75, 3.05) is 33.4 Å². The van der Waals surface area contributed by atoms with Crippen LogP contribution in [0.1, 0.15) is 19.3 Å². The summed E-state index contributed by atoms with van der Waals surface area (Å²) in [5.41, 5.74) is 0. The topological polar surface area (TPSA) is 32.7 Å². The normalized spacial score (nSPS) is 26.0. The molecular formula is C9H19NO2. The Hall–Kier alpha value is -0.120. The van der Waals surface area contributed by atoms with Crippen molar-refractivity contribution < 1.29 is 9.84 Å². The molecule has 1 atom stereocenters. The van der Waals surface area contributed by atoms with Gasteiger partial charge in [-0.3, -0.25) is 4.90 Å². The van der Waals surface area contributed by atoms with Crippen molar-refractivity contribution in [2.24, 2.45) is 0 Å². The van der Waals surface area contributed by atoms with Gasteiger partial charge in [-0.1, -0.05) is 6.42 Å². The molecule has 1 N–H and O–H groups in total. The van der Waals surface area contributed by atoms with Crippen LogP contribution in [0.5, 0.6) is 0 Å². The first-order chi connectivity index (χ1) is 5.88. The van der Waals surface area contributed by atoms with Crippen molar-refractivity contribution in [3.8, 4) is 0 Å². The molecule has 1 aliphatic rings. The first-order valence-electron chi connectivity index (χ1n) is 4.72. The summed E-state index contributed by atoms with van der Waals surface area (Å²) in [6, 6.07) is 0.538. The molecule has 0 aromatic rings. The molecule has 0 aliphatic carbocycles. The molecule has 1 saturated heterocycles. The highest BCUT2D eigenvalue weighted by molar-refractivity contribution is 4.75. The van der Waals surface area contributed by atoms with E-state index in [-0.39, 0.29) is 6.61 Å². The van der Waals surface area contributed by atoms with Gasteiger partial charge in [-0.05, 0) is 19.4 Å². The number of aliphatic hydroxyl groups excluding tert-OH is 1. The van der Waals surface area contributed by atoms with Gasteiger partial charge in [0.2, 0.25) is 0 Å². The van der Waals surface area contributed by atoms with E-state index in [1.165, 1.54) is 19.3 Å². The van der Waals surface area contributed by atoms with Gasteiger partial charge in [0, 0.05) is 19.7 Å². The Morgan fingerprint density at radius 1 is 1.50 bits per heavy atom. The first kappa shape index (κ1) is 9.96. The summed E-state index contributed by atoms with van der Waals surface area (Å²) in [4.78, 5) is 2.33. The van der Waals surface area contributed by atoms with Gasteiger partial charge < -0.3 is 9.84 Å². The Bertz CT molecular complexity index is 101. The summed E-state index contributed by atoms with van der Waals surface area (Å²) in [5.74, 6) is 0. The second-order valence-corrected chi connectivity index (χ2v) is 3.36. The Morgan fingerprint density at radius 3 is 3.00 bits per heavy atom. The predicted molar refractivity (Wildman–Crippen MR) is 48.2 cm³/mol. The maximum atomic E-state index is 8.82. The van der Waals surface area contributed by atoms with Gasteiger partial charge in [-0.15, -0.1) is 0 Å². The molecule has 0 amide bonds. The highest BCUT2D eigenvalue weighted by atomic mass is 16.5. The maximum absolute atomic E-state index is 8.82. The van der Waals surface area contributed by atoms with E-state index in [1.54, 1.807) is 7.11 Å². The molecule has 0 bridgehead atoms. The fourth-order valence-electron chi connectivity index (χ4n) is 1.86. The minimum absolute atomic E-state index is 0.264. The van der Waals surface area contributed by atoms with Gasteiger partial charge in [-0.2, -0.15) is 0 Å². The molecule has 0 aromatic carbocycles. The highest BCUT2D eigenvalue weighted by Crippen LogP contribution is 2.16. The quantitative estimate of drug-likeness (QED) is 0.671. The van der Waals surface area contributed by atoms with Crippen molar-refractivity contribution in [1.29, 1.82) is 0 Å². The molecule has 72 valence electrons. The molecule has 0 saturated carbocycles. The third-order valence-corrected chi connectivity index (χ3v) is 2.50. The molecule has 1 rings (SSSR count). The van der Waals surface area contributed by atoms with E-state index in [1.807, 2.05) is 0 Å². The van der Waals surface area contributed by atoms with E-state index in [2.05, 4.69) is 4.90 Å². The van der Waals surface area contributed by atoms with Crippen LogP contribution in [0.2, 0.25) is 0 Å². The maximum Gasteiger partial charge on any atom is 0.0618 e. The summed E-state index contributed by atoms with van der Waals surface area (Å²) in [7, 11) is 1.74. The largest absolute Gasteiger partial charge is 0.395 e. The lowest BCUT2D eigenvalue weighted by atomic mass is 10.0. The number of nitrogens with zero attached hydrogens (tertiary/aromatic N) is 1. The highest BCUT2D eigenvalue weighted by Gasteiger charge is 2.20. The van der Waals surface area contributed by atoms with E-state index in [4.69, 9.17) is 9.84 Å². The number of piperidine rings is 1. The zero-order chi connectivity index (χ0) is 8.81. The molecule has 12 heavy (non-hydrogen) atoms. The van der Waals surface area contributed by atoms with Gasteiger partial charge >= 0.3 is 0 Å². The number of rotatable bonds is 4. The van der Waals surface area contributed by atoms with Gasteiger partial charge in [0.05, 0.1) is 13.2 Å². The lowest BCUT2D eigenvalue weighted by Crippen LogP contribution is -2.43. The Kier molecular flexibility index (Phi) is 4.58. The van der Waals surface area contributed by atoms with Crippen LogP contribution in [0.4, 0.5) is 0 Å². The second-order valence-electron chi connectivity index (χ2n) is 3.36. The van der Waals surface area contributed by atoms with Crippen LogP contribution in [-0.2, 0) is 4.74 Å². The smallest absolute Gasteiger partial charge is 0.0618 e. The molecule has 1 aliphatic heterocycles. The van der Waals surface area contributed by atoms with E-state index < -0.39 is 0 Å². The Labute approximate surface area is 74.3 Å². The predicted octanol–water partition coefficient (Wildman–Crippen LogP) is 0.480. The van der Waals surface area contributed by atoms with Gasteiger partial charge in [-0.25, -0.2) is 0 Å². The van der Waals surface area contributed by atoms with E-state index in [0.717, 1.165) is 19.7 Å². The third-order valence-electron chi connectivity index (χ3n) is 2.50. The number of likely N-dealkylation sites (tertiary alicyclic amines) is 1. The van der Waals surface area contributed by atoms with Crippen LogP contribution in [-0.4, -0.2) is 49.5 Å². The molecule has 0 aromatic heterocycles. The number of β-amino-alcohol motifs (C(OH)–C–C–N with tert-alkyl or cyclic N) is 1. The average Bonchev–Trinajstić information content (AvgIpc) is 2.09. The molecule has 0 radical (unpaired) electrons. The van der Waals surface area contributed by atoms with Crippen LogP contribution in [0.25, 0.3) is 0 Å². The van der Waals surface area contributed by atoms with Crippen LogP contribution in [0.3, 0.4) is 0 Å².